The first-order valence-electron chi connectivity index (χ1n) is 5.10. The Kier molecular flexibility index (Phi) is 3.36. The molecule has 14 heavy (non-hydrogen) atoms. The minimum atomic E-state index is 0.0931. The van der Waals surface area contributed by atoms with Crippen LogP contribution in [-0.4, -0.2) is 0 Å². The summed E-state index contributed by atoms with van der Waals surface area (Å²) in [5, 5.41) is 0. The van der Waals surface area contributed by atoms with E-state index in [0.29, 0.717) is 5.92 Å². The topological polar surface area (TPSA) is 0 Å². The Bertz CT molecular complexity index is 333. The summed E-state index contributed by atoms with van der Waals surface area (Å²) in [6.45, 7) is 8.79. The Labute approximate surface area is 87.4 Å². The molecular formula is C14H18. The predicted octanol–water partition coefficient (Wildman–Crippen LogP) is 3.72. The molecule has 1 aromatic rings. The summed E-state index contributed by atoms with van der Waals surface area (Å²) in [6.07, 6.45) is 0. The molecule has 1 rings (SSSR count). The van der Waals surface area contributed by atoms with Gasteiger partial charge >= 0.3 is 0 Å². The molecule has 0 saturated carbocycles. The summed E-state index contributed by atoms with van der Waals surface area (Å²) in [6, 6.07) is 10.1. The van der Waals surface area contributed by atoms with Gasteiger partial charge in [-0.2, -0.15) is 0 Å². The Hall–Kier alpha value is -1.22. The summed E-state index contributed by atoms with van der Waals surface area (Å²) >= 11 is 0. The third kappa shape index (κ3) is 2.92. The van der Waals surface area contributed by atoms with E-state index in [2.05, 4.69) is 39.5 Å². The predicted molar refractivity (Wildman–Crippen MR) is 61.9 cm³/mol. The highest BCUT2D eigenvalue weighted by Crippen LogP contribution is 2.24. The first-order chi connectivity index (χ1) is 6.52. The van der Waals surface area contributed by atoms with E-state index in [-0.39, 0.29) is 5.41 Å². The van der Waals surface area contributed by atoms with E-state index in [1.54, 1.807) is 0 Å². The monoisotopic (exact) mass is 186 g/mol. The SMILES string of the molecule is CC(C)C(C)(C)C#Cc1ccccc1. The zero-order valence-electron chi connectivity index (χ0n) is 9.46. The minimum Gasteiger partial charge on any atom is -0.0914 e. The molecule has 0 atom stereocenters. The van der Waals surface area contributed by atoms with Crippen molar-refractivity contribution in [3.8, 4) is 11.8 Å². The maximum absolute atomic E-state index is 3.32. The van der Waals surface area contributed by atoms with Crippen molar-refractivity contribution in [1.29, 1.82) is 0 Å². The average molecular weight is 186 g/mol. The van der Waals surface area contributed by atoms with Crippen LogP contribution < -0.4 is 0 Å². The second-order valence-corrected chi connectivity index (χ2v) is 4.49. The van der Waals surface area contributed by atoms with Crippen molar-refractivity contribution >= 4 is 0 Å². The molecule has 0 aliphatic rings. The lowest BCUT2D eigenvalue weighted by molar-refractivity contribution is 0.350. The molecule has 0 nitrogen and oxygen atoms in total. The van der Waals surface area contributed by atoms with Gasteiger partial charge in [-0.15, -0.1) is 0 Å². The molecule has 0 aliphatic heterocycles. The van der Waals surface area contributed by atoms with Crippen LogP contribution in [0.2, 0.25) is 0 Å². The highest BCUT2D eigenvalue weighted by Gasteiger charge is 2.18. The van der Waals surface area contributed by atoms with Crippen molar-refractivity contribution in [3.63, 3.8) is 0 Å². The molecule has 0 amide bonds. The van der Waals surface area contributed by atoms with Crippen molar-refractivity contribution in [2.24, 2.45) is 11.3 Å². The summed E-state index contributed by atoms with van der Waals surface area (Å²) in [5.41, 5.74) is 1.19. The van der Waals surface area contributed by atoms with E-state index in [4.69, 9.17) is 0 Å². The number of rotatable bonds is 1. The van der Waals surface area contributed by atoms with Crippen LogP contribution in [0.25, 0.3) is 0 Å². The molecule has 0 bridgehead atoms. The molecule has 0 spiro atoms. The van der Waals surface area contributed by atoms with E-state index in [1.807, 2.05) is 30.3 Å². The third-order valence-corrected chi connectivity index (χ3v) is 2.75. The van der Waals surface area contributed by atoms with E-state index in [0.717, 1.165) is 5.56 Å². The molecule has 0 heteroatoms. The molecule has 0 aliphatic carbocycles. The zero-order chi connectivity index (χ0) is 10.6. The summed E-state index contributed by atoms with van der Waals surface area (Å²) in [4.78, 5) is 0. The second-order valence-electron chi connectivity index (χ2n) is 4.49. The maximum atomic E-state index is 3.32. The zero-order valence-corrected chi connectivity index (χ0v) is 9.46. The lowest BCUT2D eigenvalue weighted by atomic mass is 9.82. The van der Waals surface area contributed by atoms with Crippen molar-refractivity contribution < 1.29 is 0 Å². The highest BCUT2D eigenvalue weighted by atomic mass is 14.2. The Morgan fingerprint density at radius 2 is 1.64 bits per heavy atom. The van der Waals surface area contributed by atoms with Crippen LogP contribution in [0.5, 0.6) is 0 Å². The molecule has 0 unspecified atom stereocenters. The Morgan fingerprint density at radius 3 is 2.14 bits per heavy atom. The smallest absolute Gasteiger partial charge is 0.0285 e. The van der Waals surface area contributed by atoms with Crippen LogP contribution in [-0.2, 0) is 0 Å². The quantitative estimate of drug-likeness (QED) is 0.586. The largest absolute Gasteiger partial charge is 0.0914 e. The van der Waals surface area contributed by atoms with Gasteiger partial charge in [-0.25, -0.2) is 0 Å². The van der Waals surface area contributed by atoms with Gasteiger partial charge in [0.2, 0.25) is 0 Å². The van der Waals surface area contributed by atoms with Crippen molar-refractivity contribution in [2.45, 2.75) is 27.7 Å². The van der Waals surface area contributed by atoms with Gasteiger partial charge < -0.3 is 0 Å². The van der Waals surface area contributed by atoms with Crippen LogP contribution >= 0.6 is 0 Å². The molecule has 0 N–H and O–H groups in total. The average Bonchev–Trinajstić information content (AvgIpc) is 2.16. The maximum Gasteiger partial charge on any atom is 0.0285 e. The van der Waals surface area contributed by atoms with E-state index < -0.39 is 0 Å². The summed E-state index contributed by atoms with van der Waals surface area (Å²) in [7, 11) is 0. The van der Waals surface area contributed by atoms with Gasteiger partial charge in [-0.05, 0) is 31.9 Å². The molecule has 0 radical (unpaired) electrons. The number of hydrogen-bond acceptors (Lipinski definition) is 0. The first-order valence-corrected chi connectivity index (χ1v) is 5.10. The van der Waals surface area contributed by atoms with Gasteiger partial charge in [0.05, 0.1) is 0 Å². The van der Waals surface area contributed by atoms with E-state index in [1.165, 1.54) is 0 Å². The van der Waals surface area contributed by atoms with Gasteiger partial charge in [0, 0.05) is 11.0 Å². The van der Waals surface area contributed by atoms with Crippen LogP contribution in [0, 0.1) is 23.2 Å². The molecule has 0 saturated heterocycles. The number of benzene rings is 1. The van der Waals surface area contributed by atoms with Gasteiger partial charge in [0.15, 0.2) is 0 Å². The lowest BCUT2D eigenvalue weighted by Crippen LogP contribution is -2.16. The number of hydrogen-bond donors (Lipinski definition) is 0. The first kappa shape index (κ1) is 10.9. The van der Waals surface area contributed by atoms with Gasteiger partial charge in [-0.3, -0.25) is 0 Å². The van der Waals surface area contributed by atoms with E-state index in [9.17, 15) is 0 Å². The van der Waals surface area contributed by atoms with E-state index >= 15 is 0 Å². The van der Waals surface area contributed by atoms with Crippen LogP contribution in [0.4, 0.5) is 0 Å². The fraction of sp³-hybridized carbons (Fsp3) is 0.429. The van der Waals surface area contributed by atoms with Gasteiger partial charge in [-0.1, -0.05) is 43.9 Å². The molecular weight excluding hydrogens is 168 g/mol. The summed E-state index contributed by atoms with van der Waals surface area (Å²) in [5.74, 6) is 7.12. The minimum absolute atomic E-state index is 0.0931. The van der Waals surface area contributed by atoms with Crippen LogP contribution in [0.3, 0.4) is 0 Å². The fourth-order valence-corrected chi connectivity index (χ4v) is 0.899. The molecule has 0 heterocycles. The second kappa shape index (κ2) is 4.33. The molecule has 0 aromatic heterocycles. The van der Waals surface area contributed by atoms with Crippen molar-refractivity contribution in [3.05, 3.63) is 35.9 Å². The highest BCUT2D eigenvalue weighted by molar-refractivity contribution is 5.35. The summed E-state index contributed by atoms with van der Waals surface area (Å²) < 4.78 is 0. The lowest BCUT2D eigenvalue weighted by Gasteiger charge is -2.22. The van der Waals surface area contributed by atoms with Gasteiger partial charge in [0.25, 0.3) is 0 Å². The third-order valence-electron chi connectivity index (χ3n) is 2.75. The fourth-order valence-electron chi connectivity index (χ4n) is 0.899. The van der Waals surface area contributed by atoms with Crippen LogP contribution in [0.1, 0.15) is 33.3 Å². The molecule has 1 aromatic carbocycles. The van der Waals surface area contributed by atoms with Gasteiger partial charge in [0.1, 0.15) is 0 Å². The standard InChI is InChI=1S/C14H18/c1-12(2)14(3,4)11-10-13-8-6-5-7-9-13/h5-9,12H,1-4H3. The van der Waals surface area contributed by atoms with Crippen LogP contribution in [0.15, 0.2) is 30.3 Å². The molecule has 74 valence electrons. The van der Waals surface area contributed by atoms with Crippen molar-refractivity contribution in [1.82, 2.24) is 0 Å². The molecule has 0 fully saturated rings. The normalized spacial score (nSPS) is 10.9. The Balaban J connectivity index is 2.83. The van der Waals surface area contributed by atoms with Crippen molar-refractivity contribution in [2.75, 3.05) is 0 Å². The Morgan fingerprint density at radius 1 is 1.07 bits per heavy atom.